The molecule has 9 rings (SSSR count). The Bertz CT molecular complexity index is 2300. The highest BCUT2D eigenvalue weighted by Gasteiger charge is 2.27. The Labute approximate surface area is 306 Å². The molecule has 0 aliphatic rings. The molecule has 0 aliphatic heterocycles. The summed E-state index contributed by atoms with van der Waals surface area (Å²) in [6.07, 6.45) is 0. The van der Waals surface area contributed by atoms with E-state index in [-0.39, 0.29) is 0 Å². The molecule has 5 heteroatoms. The van der Waals surface area contributed by atoms with Gasteiger partial charge in [0.1, 0.15) is 0 Å². The molecular weight excluding hydrogens is 689 g/mol. The molecule has 0 saturated heterocycles. The van der Waals surface area contributed by atoms with Gasteiger partial charge in [-0.25, -0.2) is 0 Å². The second kappa shape index (κ2) is 13.4. The summed E-state index contributed by atoms with van der Waals surface area (Å²) in [6.45, 7) is 0. The molecule has 5 aromatic heterocycles. The monoisotopic (exact) mass is 716 g/mol. The molecule has 0 saturated carbocycles. The van der Waals surface area contributed by atoms with Gasteiger partial charge >= 0.3 is 0 Å². The molecule has 4 aromatic carbocycles. The van der Waals surface area contributed by atoms with Gasteiger partial charge in [0.05, 0.1) is 9.75 Å². The Morgan fingerprint density at radius 3 is 0.755 bits per heavy atom. The third kappa shape index (κ3) is 5.99. The number of thiophene rings is 5. The fraction of sp³-hybridized carbons (Fsp3) is 0. The third-order valence-electron chi connectivity index (χ3n) is 8.51. The zero-order valence-electron chi connectivity index (χ0n) is 26.2. The van der Waals surface area contributed by atoms with Crippen molar-refractivity contribution in [3.8, 4) is 82.2 Å². The van der Waals surface area contributed by atoms with Gasteiger partial charge in [-0.05, 0) is 70.8 Å². The van der Waals surface area contributed by atoms with E-state index in [4.69, 9.17) is 0 Å². The summed E-state index contributed by atoms with van der Waals surface area (Å²) in [4.78, 5) is 13.0. The Morgan fingerprint density at radius 1 is 0.204 bits per heavy atom. The molecule has 0 nitrogen and oxygen atoms in total. The van der Waals surface area contributed by atoms with Crippen LogP contribution in [0.4, 0.5) is 0 Å². The molecule has 9 aromatic rings. The maximum Gasteiger partial charge on any atom is 0.0543 e. The van der Waals surface area contributed by atoms with Crippen LogP contribution in [0.25, 0.3) is 82.2 Å². The molecule has 0 N–H and O–H groups in total. The van der Waals surface area contributed by atoms with E-state index in [1.165, 1.54) is 82.2 Å². The maximum absolute atomic E-state index is 2.34. The Kier molecular flexibility index (Phi) is 8.30. The number of hydrogen-bond donors (Lipinski definition) is 0. The van der Waals surface area contributed by atoms with Crippen LogP contribution in [0, 0.1) is 0 Å². The molecule has 49 heavy (non-hydrogen) atoms. The predicted molar refractivity (Wildman–Crippen MR) is 219 cm³/mol. The average Bonchev–Trinajstić information content (AvgIpc) is 4.02. The van der Waals surface area contributed by atoms with Crippen LogP contribution in [0.5, 0.6) is 0 Å². The number of rotatable bonds is 8. The SMILES string of the molecule is c1ccc(-c2ccc(-c3sc(-c4ccc(-c5ccccc5)s4)c(-c4ccc(-c5ccccc5)s4)c3-c3ccc(-c4ccccc4)s3)s2)cc1. The van der Waals surface area contributed by atoms with E-state index in [1.807, 2.05) is 56.7 Å². The topological polar surface area (TPSA) is 0 Å². The minimum atomic E-state index is 1.26. The summed E-state index contributed by atoms with van der Waals surface area (Å²) in [7, 11) is 0. The molecule has 0 unspecified atom stereocenters. The summed E-state index contributed by atoms with van der Waals surface area (Å²) in [5.74, 6) is 0. The van der Waals surface area contributed by atoms with Crippen LogP contribution < -0.4 is 0 Å². The first-order valence-corrected chi connectivity index (χ1v) is 20.2. The van der Waals surface area contributed by atoms with Gasteiger partial charge in [0.15, 0.2) is 0 Å². The Balaban J connectivity index is 1.28. The lowest BCUT2D eigenvalue weighted by atomic mass is 10.0. The second-order valence-electron chi connectivity index (χ2n) is 11.6. The lowest BCUT2D eigenvalue weighted by Gasteiger charge is -2.06. The zero-order valence-corrected chi connectivity index (χ0v) is 30.3. The number of hydrogen-bond acceptors (Lipinski definition) is 5. The minimum absolute atomic E-state index is 1.26. The van der Waals surface area contributed by atoms with Crippen molar-refractivity contribution < 1.29 is 0 Å². The smallest absolute Gasteiger partial charge is 0.0543 e. The molecule has 0 aliphatic carbocycles. The van der Waals surface area contributed by atoms with Crippen molar-refractivity contribution in [2.24, 2.45) is 0 Å². The first-order chi connectivity index (χ1) is 24.3. The standard InChI is InChI=1S/C44H28S5/c1-5-13-29(14-6-1)33-21-25-37(45-33)41-42(38-26-22-34(46-38)30-15-7-2-8-16-30)44(40-28-24-36(48-40)32-19-11-4-12-20-32)49-43(41)39-27-23-35(47-39)31-17-9-3-10-18-31/h1-28H. The third-order valence-corrected chi connectivity index (χ3v) is 14.6. The highest BCUT2D eigenvalue weighted by Crippen LogP contribution is 2.57. The molecule has 234 valence electrons. The van der Waals surface area contributed by atoms with Gasteiger partial charge in [0.25, 0.3) is 0 Å². The van der Waals surface area contributed by atoms with Crippen LogP contribution in [0.3, 0.4) is 0 Å². The van der Waals surface area contributed by atoms with Gasteiger partial charge < -0.3 is 0 Å². The summed E-state index contributed by atoms with van der Waals surface area (Å²) in [6, 6.07) is 61.6. The molecular formula is C44H28S5. The number of benzene rings is 4. The van der Waals surface area contributed by atoms with Crippen molar-refractivity contribution >= 4 is 56.7 Å². The molecule has 0 spiro atoms. The van der Waals surface area contributed by atoms with Crippen LogP contribution in [0.2, 0.25) is 0 Å². The highest BCUT2D eigenvalue weighted by atomic mass is 32.1. The van der Waals surface area contributed by atoms with E-state index >= 15 is 0 Å². The second-order valence-corrected chi connectivity index (χ2v) is 17.0. The zero-order chi connectivity index (χ0) is 32.6. The van der Waals surface area contributed by atoms with E-state index < -0.39 is 0 Å². The van der Waals surface area contributed by atoms with E-state index in [0.29, 0.717) is 0 Å². The predicted octanol–water partition coefficient (Wildman–Crippen LogP) is 15.3. The van der Waals surface area contributed by atoms with E-state index in [9.17, 15) is 0 Å². The van der Waals surface area contributed by atoms with E-state index in [1.54, 1.807) is 0 Å². The van der Waals surface area contributed by atoms with Crippen LogP contribution >= 0.6 is 56.7 Å². The molecule has 0 bridgehead atoms. The largest absolute Gasteiger partial charge is 0.135 e. The van der Waals surface area contributed by atoms with Gasteiger partial charge in [-0.1, -0.05) is 121 Å². The quantitative estimate of drug-likeness (QED) is 0.147. The molecule has 0 fully saturated rings. The fourth-order valence-electron chi connectivity index (χ4n) is 6.14. The van der Waals surface area contributed by atoms with Crippen molar-refractivity contribution in [1.29, 1.82) is 0 Å². The first-order valence-electron chi connectivity index (χ1n) is 16.1. The summed E-state index contributed by atoms with van der Waals surface area (Å²) >= 11 is 9.51. The van der Waals surface area contributed by atoms with Crippen molar-refractivity contribution in [2.75, 3.05) is 0 Å². The van der Waals surface area contributed by atoms with E-state index in [2.05, 4.69) is 170 Å². The summed E-state index contributed by atoms with van der Waals surface area (Å²) in [5.41, 5.74) is 7.71. The average molecular weight is 717 g/mol. The van der Waals surface area contributed by atoms with Crippen LogP contribution in [-0.4, -0.2) is 0 Å². The van der Waals surface area contributed by atoms with Crippen molar-refractivity contribution in [3.63, 3.8) is 0 Å². The molecule has 0 amide bonds. The fourth-order valence-corrected chi connectivity index (χ4v) is 12.0. The van der Waals surface area contributed by atoms with Gasteiger partial charge in [0, 0.05) is 50.1 Å². The van der Waals surface area contributed by atoms with Gasteiger partial charge in [-0.2, -0.15) is 0 Å². The first kappa shape index (κ1) is 30.4. The molecule has 5 heterocycles. The molecule has 0 radical (unpaired) electrons. The Morgan fingerprint density at radius 2 is 0.449 bits per heavy atom. The lowest BCUT2D eigenvalue weighted by molar-refractivity contribution is 1.70. The normalized spacial score (nSPS) is 11.3. The summed E-state index contributed by atoms with van der Waals surface area (Å²) in [5, 5.41) is 0. The van der Waals surface area contributed by atoms with Crippen LogP contribution in [-0.2, 0) is 0 Å². The van der Waals surface area contributed by atoms with E-state index in [0.717, 1.165) is 0 Å². The lowest BCUT2D eigenvalue weighted by Crippen LogP contribution is -1.79. The van der Waals surface area contributed by atoms with Crippen molar-refractivity contribution in [3.05, 3.63) is 170 Å². The van der Waals surface area contributed by atoms with Gasteiger partial charge in [-0.3, -0.25) is 0 Å². The minimum Gasteiger partial charge on any atom is -0.135 e. The van der Waals surface area contributed by atoms with Gasteiger partial charge in [0.2, 0.25) is 0 Å². The highest BCUT2D eigenvalue weighted by molar-refractivity contribution is 7.30. The van der Waals surface area contributed by atoms with Crippen LogP contribution in [0.1, 0.15) is 0 Å². The Hall–Kier alpha value is -4.62. The molecule has 0 atom stereocenters. The maximum atomic E-state index is 2.34. The van der Waals surface area contributed by atoms with Gasteiger partial charge in [-0.15, -0.1) is 56.7 Å². The van der Waals surface area contributed by atoms with Crippen molar-refractivity contribution in [1.82, 2.24) is 0 Å². The van der Waals surface area contributed by atoms with Crippen LogP contribution in [0.15, 0.2) is 170 Å². The van der Waals surface area contributed by atoms with Crippen molar-refractivity contribution in [2.45, 2.75) is 0 Å². The summed E-state index contributed by atoms with van der Waals surface area (Å²) < 4.78 is 0.